The van der Waals surface area contributed by atoms with Gasteiger partial charge in [-0.3, -0.25) is 9.69 Å². The Morgan fingerprint density at radius 1 is 1.14 bits per heavy atom. The summed E-state index contributed by atoms with van der Waals surface area (Å²) in [4.78, 5) is 20.0. The molecule has 28 heavy (non-hydrogen) atoms. The zero-order valence-corrected chi connectivity index (χ0v) is 16.6. The number of fused-ring (bicyclic) bond motifs is 1. The van der Waals surface area contributed by atoms with E-state index in [1.807, 2.05) is 36.4 Å². The predicted molar refractivity (Wildman–Crippen MR) is 113 cm³/mol. The number of piperidine rings is 1. The molecular weight excluding hydrogens is 348 g/mol. The highest BCUT2D eigenvalue weighted by atomic mass is 16.1. The number of para-hydroxylation sites is 3. The number of amides is 1. The summed E-state index contributed by atoms with van der Waals surface area (Å²) in [6, 6.07) is 18.4. The molecule has 5 heteroatoms. The first kappa shape index (κ1) is 18.7. The lowest BCUT2D eigenvalue weighted by molar-refractivity contribution is -0.121. The molecule has 0 bridgehead atoms. The maximum atomic E-state index is 12.7. The van der Waals surface area contributed by atoms with E-state index in [9.17, 15) is 4.79 Å². The molecule has 1 atom stereocenters. The summed E-state index contributed by atoms with van der Waals surface area (Å²) < 4.78 is 2.32. The molecule has 0 aliphatic carbocycles. The van der Waals surface area contributed by atoms with Gasteiger partial charge < -0.3 is 9.88 Å². The topological polar surface area (TPSA) is 50.2 Å². The van der Waals surface area contributed by atoms with Gasteiger partial charge in [0.2, 0.25) is 5.91 Å². The Balaban J connectivity index is 1.48. The number of carbonyl (C=O) groups excluding carboxylic acids is 1. The molecule has 1 fully saturated rings. The molecule has 1 aliphatic heterocycles. The van der Waals surface area contributed by atoms with Crippen LogP contribution in [-0.4, -0.2) is 33.4 Å². The second-order valence-corrected chi connectivity index (χ2v) is 7.91. The van der Waals surface area contributed by atoms with Crippen LogP contribution in [0.2, 0.25) is 0 Å². The molecule has 1 N–H and O–H groups in total. The van der Waals surface area contributed by atoms with Crippen molar-refractivity contribution in [2.75, 3.05) is 18.4 Å². The van der Waals surface area contributed by atoms with Crippen molar-refractivity contribution in [3.8, 4) is 0 Å². The van der Waals surface area contributed by atoms with Crippen LogP contribution < -0.4 is 5.32 Å². The first-order valence-electron chi connectivity index (χ1n) is 10.2. The fraction of sp³-hybridized carbons (Fsp3) is 0.391. The van der Waals surface area contributed by atoms with Crippen molar-refractivity contribution in [2.45, 2.75) is 39.3 Å². The van der Waals surface area contributed by atoms with Crippen molar-refractivity contribution < 1.29 is 4.79 Å². The highest BCUT2D eigenvalue weighted by molar-refractivity contribution is 5.92. The van der Waals surface area contributed by atoms with E-state index < -0.39 is 0 Å². The van der Waals surface area contributed by atoms with E-state index in [0.29, 0.717) is 6.04 Å². The van der Waals surface area contributed by atoms with Crippen LogP contribution in [0.25, 0.3) is 11.0 Å². The molecule has 0 unspecified atom stereocenters. The van der Waals surface area contributed by atoms with Crippen molar-refractivity contribution in [3.63, 3.8) is 0 Å². The number of rotatable bonds is 5. The molecule has 4 rings (SSSR count). The van der Waals surface area contributed by atoms with Gasteiger partial charge in [-0.1, -0.05) is 30.3 Å². The number of carbonyl (C=O) groups is 1. The average molecular weight is 377 g/mol. The summed E-state index contributed by atoms with van der Waals surface area (Å²) in [5.41, 5.74) is 3.09. The molecular formula is C23H28N4O. The summed E-state index contributed by atoms with van der Waals surface area (Å²) in [6.45, 7) is 6.96. The molecule has 146 valence electrons. The Morgan fingerprint density at radius 2 is 1.89 bits per heavy atom. The van der Waals surface area contributed by atoms with Gasteiger partial charge >= 0.3 is 0 Å². The fourth-order valence-electron chi connectivity index (χ4n) is 4.16. The summed E-state index contributed by atoms with van der Waals surface area (Å²) in [5.74, 6) is 1.22. The molecule has 1 aromatic heterocycles. The molecule has 5 nitrogen and oxygen atoms in total. The lowest BCUT2D eigenvalue weighted by Gasteiger charge is -2.32. The SMILES string of the molecule is CC(C)n1c(CN2CCC[C@H](C(=O)Nc3ccccc3)C2)nc2ccccc21. The molecule has 1 amide bonds. The summed E-state index contributed by atoms with van der Waals surface area (Å²) in [5, 5.41) is 3.06. The van der Waals surface area contributed by atoms with Crippen LogP contribution in [0.1, 0.15) is 38.6 Å². The number of anilines is 1. The van der Waals surface area contributed by atoms with Gasteiger partial charge in [0, 0.05) is 18.3 Å². The highest BCUT2D eigenvalue weighted by Crippen LogP contribution is 2.24. The number of aromatic nitrogens is 2. The normalized spacial score (nSPS) is 17.9. The van der Waals surface area contributed by atoms with E-state index in [2.05, 4.69) is 46.8 Å². The zero-order chi connectivity index (χ0) is 19.5. The van der Waals surface area contributed by atoms with Gasteiger partial charge in [0.05, 0.1) is 23.5 Å². The van der Waals surface area contributed by atoms with Crippen LogP contribution in [0.3, 0.4) is 0 Å². The maximum absolute atomic E-state index is 12.7. The highest BCUT2D eigenvalue weighted by Gasteiger charge is 2.27. The smallest absolute Gasteiger partial charge is 0.228 e. The Morgan fingerprint density at radius 3 is 2.68 bits per heavy atom. The van der Waals surface area contributed by atoms with E-state index in [0.717, 1.165) is 49.5 Å². The largest absolute Gasteiger partial charge is 0.326 e. The lowest BCUT2D eigenvalue weighted by Crippen LogP contribution is -2.40. The zero-order valence-electron chi connectivity index (χ0n) is 16.6. The van der Waals surface area contributed by atoms with Crippen LogP contribution in [-0.2, 0) is 11.3 Å². The van der Waals surface area contributed by atoms with Crippen LogP contribution in [0, 0.1) is 5.92 Å². The van der Waals surface area contributed by atoms with Crippen LogP contribution >= 0.6 is 0 Å². The summed E-state index contributed by atoms with van der Waals surface area (Å²) in [7, 11) is 0. The first-order valence-corrected chi connectivity index (χ1v) is 10.2. The first-order chi connectivity index (χ1) is 13.6. The molecule has 2 heterocycles. The number of nitrogens with one attached hydrogen (secondary N) is 1. The molecule has 1 aliphatic rings. The van der Waals surface area contributed by atoms with E-state index in [1.54, 1.807) is 0 Å². The van der Waals surface area contributed by atoms with Crippen LogP contribution in [0.15, 0.2) is 54.6 Å². The Labute approximate surface area is 166 Å². The number of benzene rings is 2. The van der Waals surface area contributed by atoms with Crippen molar-refractivity contribution in [2.24, 2.45) is 5.92 Å². The standard InChI is InChI=1S/C23H28N4O/c1-17(2)27-21-13-7-6-12-20(21)25-22(27)16-26-14-8-9-18(15-26)23(28)24-19-10-4-3-5-11-19/h3-7,10-13,17-18H,8-9,14-16H2,1-2H3,(H,24,28)/t18-/m0/s1. The van der Waals surface area contributed by atoms with Crippen molar-refractivity contribution in [1.29, 1.82) is 0 Å². The number of hydrogen-bond acceptors (Lipinski definition) is 3. The molecule has 1 saturated heterocycles. The number of hydrogen-bond donors (Lipinski definition) is 1. The van der Waals surface area contributed by atoms with E-state index in [1.165, 1.54) is 5.52 Å². The van der Waals surface area contributed by atoms with Crippen molar-refractivity contribution >= 4 is 22.6 Å². The van der Waals surface area contributed by atoms with Crippen molar-refractivity contribution in [1.82, 2.24) is 14.5 Å². The van der Waals surface area contributed by atoms with E-state index in [-0.39, 0.29) is 11.8 Å². The Kier molecular flexibility index (Phi) is 5.44. The lowest BCUT2D eigenvalue weighted by atomic mass is 9.97. The van der Waals surface area contributed by atoms with Gasteiger partial charge in [-0.2, -0.15) is 0 Å². The van der Waals surface area contributed by atoms with Gasteiger partial charge in [0.1, 0.15) is 5.82 Å². The number of imidazole rings is 1. The number of likely N-dealkylation sites (tertiary alicyclic amines) is 1. The molecule has 0 spiro atoms. The third kappa shape index (κ3) is 3.94. The second kappa shape index (κ2) is 8.15. The second-order valence-electron chi connectivity index (χ2n) is 7.91. The number of nitrogens with zero attached hydrogens (tertiary/aromatic N) is 3. The minimum absolute atomic E-state index is 0.0193. The van der Waals surface area contributed by atoms with Crippen LogP contribution in [0.4, 0.5) is 5.69 Å². The quantitative estimate of drug-likeness (QED) is 0.715. The van der Waals surface area contributed by atoms with E-state index >= 15 is 0 Å². The van der Waals surface area contributed by atoms with Gasteiger partial charge in [-0.05, 0) is 57.5 Å². The average Bonchev–Trinajstić information content (AvgIpc) is 3.07. The molecule has 3 aromatic rings. The van der Waals surface area contributed by atoms with Gasteiger partial charge in [0.15, 0.2) is 0 Å². The third-order valence-electron chi connectivity index (χ3n) is 5.47. The van der Waals surface area contributed by atoms with Gasteiger partial charge in [-0.25, -0.2) is 4.98 Å². The maximum Gasteiger partial charge on any atom is 0.228 e. The Hall–Kier alpha value is -2.66. The predicted octanol–water partition coefficient (Wildman–Crippen LogP) is 4.47. The van der Waals surface area contributed by atoms with Crippen molar-refractivity contribution in [3.05, 3.63) is 60.4 Å². The summed E-state index contributed by atoms with van der Waals surface area (Å²) >= 11 is 0. The van der Waals surface area contributed by atoms with Gasteiger partial charge in [0.25, 0.3) is 0 Å². The summed E-state index contributed by atoms with van der Waals surface area (Å²) in [6.07, 6.45) is 1.98. The molecule has 0 radical (unpaired) electrons. The fourth-order valence-corrected chi connectivity index (χ4v) is 4.16. The van der Waals surface area contributed by atoms with Gasteiger partial charge in [-0.15, -0.1) is 0 Å². The minimum Gasteiger partial charge on any atom is -0.326 e. The van der Waals surface area contributed by atoms with Crippen LogP contribution in [0.5, 0.6) is 0 Å². The molecule has 2 aromatic carbocycles. The molecule has 0 saturated carbocycles. The Bertz CT molecular complexity index is 948. The minimum atomic E-state index is 0.0193. The third-order valence-corrected chi connectivity index (χ3v) is 5.47. The van der Waals surface area contributed by atoms with E-state index in [4.69, 9.17) is 4.98 Å². The monoisotopic (exact) mass is 376 g/mol.